The van der Waals surface area contributed by atoms with E-state index in [2.05, 4.69) is 18.4 Å². The van der Waals surface area contributed by atoms with Gasteiger partial charge >= 0.3 is 5.97 Å². The monoisotopic (exact) mass is 218 g/mol. The maximum absolute atomic E-state index is 10.8. The van der Waals surface area contributed by atoms with Gasteiger partial charge in [-0.2, -0.15) is 12.6 Å². The fourth-order valence-corrected chi connectivity index (χ4v) is 2.42. The zero-order valence-electron chi connectivity index (χ0n) is 8.48. The molecule has 3 atom stereocenters. The van der Waals surface area contributed by atoms with Crippen LogP contribution in [0.25, 0.3) is 0 Å². The normalized spacial score (nSPS) is 29.9. The minimum Gasteiger partial charge on any atom is -0.481 e. The van der Waals surface area contributed by atoms with Gasteiger partial charge < -0.3 is 10.8 Å². The number of thiol groups is 1. The lowest BCUT2D eigenvalue weighted by atomic mass is 9.79. The summed E-state index contributed by atoms with van der Waals surface area (Å²) in [7, 11) is 0. The predicted molar refractivity (Wildman–Crippen MR) is 58.2 cm³/mol. The molecule has 1 fully saturated rings. The first-order chi connectivity index (χ1) is 6.63. The molecule has 0 aromatic heterocycles. The van der Waals surface area contributed by atoms with Crippen LogP contribution in [0.15, 0.2) is 0 Å². The first-order valence-corrected chi connectivity index (χ1v) is 5.93. The smallest absolute Gasteiger partial charge is 0.306 e. The Morgan fingerprint density at radius 2 is 2.29 bits per heavy atom. The van der Waals surface area contributed by atoms with Gasteiger partial charge in [0.15, 0.2) is 0 Å². The number of rotatable bonds is 4. The molecule has 4 N–H and O–H groups in total. The van der Waals surface area contributed by atoms with E-state index in [4.69, 9.17) is 5.11 Å². The van der Waals surface area contributed by atoms with E-state index >= 15 is 0 Å². The van der Waals surface area contributed by atoms with Gasteiger partial charge in [0.1, 0.15) is 0 Å². The fraction of sp³-hybridized carbons (Fsp3) is 0.900. The van der Waals surface area contributed by atoms with Gasteiger partial charge in [0.25, 0.3) is 0 Å². The molecule has 0 aromatic rings. The van der Waals surface area contributed by atoms with Crippen LogP contribution in [-0.2, 0) is 4.79 Å². The molecule has 3 nitrogen and oxygen atoms in total. The molecule has 0 aromatic carbocycles. The lowest BCUT2D eigenvalue weighted by molar-refractivity contribution is -0.415. The molecular formula is C10H20NO2S+. The van der Waals surface area contributed by atoms with Crippen LogP contribution in [0.1, 0.15) is 32.1 Å². The van der Waals surface area contributed by atoms with Crippen molar-refractivity contribution in [2.45, 2.75) is 38.1 Å². The van der Waals surface area contributed by atoms with E-state index in [9.17, 15) is 4.79 Å². The van der Waals surface area contributed by atoms with E-state index < -0.39 is 5.97 Å². The number of aliphatic carboxylic acids is 1. The van der Waals surface area contributed by atoms with E-state index in [-0.39, 0.29) is 5.92 Å². The lowest BCUT2D eigenvalue weighted by Gasteiger charge is -2.27. The highest BCUT2D eigenvalue weighted by Crippen LogP contribution is 2.31. The van der Waals surface area contributed by atoms with Crippen LogP contribution in [0, 0.1) is 11.8 Å². The number of hydrogen-bond acceptors (Lipinski definition) is 2. The van der Waals surface area contributed by atoms with E-state index in [0.29, 0.717) is 12.0 Å². The van der Waals surface area contributed by atoms with Gasteiger partial charge in [-0.05, 0) is 18.8 Å². The second kappa shape index (κ2) is 5.61. The van der Waals surface area contributed by atoms with Gasteiger partial charge in [-0.25, -0.2) is 0 Å². The number of carbonyl (C=O) groups is 1. The summed E-state index contributed by atoms with van der Waals surface area (Å²) in [5.74, 6) is 0.621. The molecule has 0 amide bonds. The summed E-state index contributed by atoms with van der Waals surface area (Å²) in [6.07, 6.45) is 4.96. The molecule has 1 rings (SSSR count). The Kier molecular flexibility index (Phi) is 4.75. The molecule has 0 heterocycles. The molecule has 1 saturated carbocycles. The van der Waals surface area contributed by atoms with Crippen molar-refractivity contribution in [3.8, 4) is 0 Å². The highest BCUT2D eigenvalue weighted by molar-refractivity contribution is 7.80. The standard InChI is InChI=1S/C10H19NO2S/c11-9(6-14)5-7-2-1-3-8(4-7)10(12)13/h7-9,14H,1-6,11H2,(H,12,13)/p+1. The zero-order chi connectivity index (χ0) is 10.6. The summed E-state index contributed by atoms with van der Waals surface area (Å²) in [6, 6.07) is 0.371. The van der Waals surface area contributed by atoms with Gasteiger partial charge in [-0.3, -0.25) is 4.79 Å². The number of quaternary nitrogens is 1. The molecule has 4 heteroatoms. The average Bonchev–Trinajstić information content (AvgIpc) is 2.18. The van der Waals surface area contributed by atoms with Crippen LogP contribution in [0.4, 0.5) is 0 Å². The van der Waals surface area contributed by atoms with Gasteiger partial charge in [0, 0.05) is 12.2 Å². The Bertz CT molecular complexity index is 199. The number of carboxylic acid groups (broad SMARTS) is 1. The molecule has 82 valence electrons. The molecule has 1 aliphatic carbocycles. The predicted octanol–water partition coefficient (Wildman–Crippen LogP) is 0.808. The second-order valence-electron chi connectivity index (χ2n) is 4.35. The molecule has 0 aliphatic heterocycles. The van der Waals surface area contributed by atoms with E-state index in [1.165, 1.54) is 6.42 Å². The summed E-state index contributed by atoms with van der Waals surface area (Å²) < 4.78 is 0. The molecule has 0 spiro atoms. The highest BCUT2D eigenvalue weighted by atomic mass is 32.1. The third kappa shape index (κ3) is 3.50. The topological polar surface area (TPSA) is 64.9 Å². The van der Waals surface area contributed by atoms with Crippen molar-refractivity contribution >= 4 is 18.6 Å². The second-order valence-corrected chi connectivity index (χ2v) is 4.72. The molecule has 14 heavy (non-hydrogen) atoms. The van der Waals surface area contributed by atoms with Crippen LogP contribution in [0.5, 0.6) is 0 Å². The maximum Gasteiger partial charge on any atom is 0.306 e. The van der Waals surface area contributed by atoms with Crippen LogP contribution in [0.2, 0.25) is 0 Å². The van der Waals surface area contributed by atoms with E-state index in [0.717, 1.165) is 31.4 Å². The third-order valence-corrected chi connectivity index (χ3v) is 3.57. The van der Waals surface area contributed by atoms with Crippen molar-refractivity contribution < 1.29 is 15.6 Å². The van der Waals surface area contributed by atoms with Crippen molar-refractivity contribution in [2.75, 3.05) is 5.75 Å². The third-order valence-electron chi connectivity index (χ3n) is 3.06. The van der Waals surface area contributed by atoms with Crippen LogP contribution >= 0.6 is 12.6 Å². The Morgan fingerprint density at radius 3 is 2.86 bits per heavy atom. The molecular weight excluding hydrogens is 198 g/mol. The quantitative estimate of drug-likeness (QED) is 0.611. The van der Waals surface area contributed by atoms with Gasteiger partial charge in [-0.1, -0.05) is 12.8 Å². The Hall–Kier alpha value is -0.220. The Labute approximate surface area is 90.5 Å². The molecule has 0 saturated heterocycles. The van der Waals surface area contributed by atoms with E-state index in [1.54, 1.807) is 0 Å². The highest BCUT2D eigenvalue weighted by Gasteiger charge is 2.28. The van der Waals surface area contributed by atoms with Gasteiger partial charge in [0.05, 0.1) is 12.0 Å². The largest absolute Gasteiger partial charge is 0.481 e. The fourth-order valence-electron chi connectivity index (χ4n) is 2.28. The lowest BCUT2D eigenvalue weighted by Crippen LogP contribution is -2.62. The van der Waals surface area contributed by atoms with Crippen LogP contribution < -0.4 is 5.73 Å². The minimum absolute atomic E-state index is 0.110. The summed E-state index contributed by atoms with van der Waals surface area (Å²) in [6.45, 7) is 0. The minimum atomic E-state index is -0.624. The molecule has 3 unspecified atom stereocenters. The van der Waals surface area contributed by atoms with Gasteiger partial charge in [-0.15, -0.1) is 0 Å². The molecule has 0 bridgehead atoms. The maximum atomic E-state index is 10.8. The molecule has 0 radical (unpaired) electrons. The molecule has 1 aliphatic rings. The Morgan fingerprint density at radius 1 is 1.57 bits per heavy atom. The van der Waals surface area contributed by atoms with Crippen molar-refractivity contribution in [3.05, 3.63) is 0 Å². The van der Waals surface area contributed by atoms with Crippen molar-refractivity contribution in [1.82, 2.24) is 0 Å². The first-order valence-electron chi connectivity index (χ1n) is 5.30. The average molecular weight is 218 g/mol. The van der Waals surface area contributed by atoms with Crippen LogP contribution in [-0.4, -0.2) is 22.9 Å². The summed E-state index contributed by atoms with van der Waals surface area (Å²) in [4.78, 5) is 10.8. The van der Waals surface area contributed by atoms with Crippen molar-refractivity contribution in [1.29, 1.82) is 0 Å². The summed E-state index contributed by atoms with van der Waals surface area (Å²) >= 11 is 4.20. The van der Waals surface area contributed by atoms with Crippen LogP contribution in [0.3, 0.4) is 0 Å². The SMILES string of the molecule is [NH3+]C(CS)CC1CCCC(C(=O)O)C1. The summed E-state index contributed by atoms with van der Waals surface area (Å²) in [5.41, 5.74) is 4.00. The number of hydrogen-bond donors (Lipinski definition) is 3. The van der Waals surface area contributed by atoms with Crippen molar-refractivity contribution in [2.24, 2.45) is 11.8 Å². The Balaban J connectivity index is 2.36. The summed E-state index contributed by atoms with van der Waals surface area (Å²) in [5, 5.41) is 8.92. The van der Waals surface area contributed by atoms with Crippen molar-refractivity contribution in [3.63, 3.8) is 0 Å². The van der Waals surface area contributed by atoms with E-state index in [1.807, 2.05) is 0 Å². The number of carboxylic acids is 1. The zero-order valence-corrected chi connectivity index (χ0v) is 9.38. The first kappa shape index (κ1) is 11.9. The van der Waals surface area contributed by atoms with Gasteiger partial charge in [0.2, 0.25) is 0 Å².